The van der Waals surface area contributed by atoms with E-state index < -0.39 is 0 Å². The number of fused-ring (bicyclic) bond motifs is 1. The van der Waals surface area contributed by atoms with Gasteiger partial charge in [-0.1, -0.05) is 24.3 Å². The Balaban J connectivity index is 1.77. The lowest BCUT2D eigenvalue weighted by molar-refractivity contribution is -0.605. The van der Waals surface area contributed by atoms with Crippen molar-refractivity contribution in [3.63, 3.8) is 0 Å². The highest BCUT2D eigenvalue weighted by Crippen LogP contribution is 2.30. The number of aromatic nitrogens is 3. The van der Waals surface area contributed by atoms with Crippen molar-refractivity contribution in [3.8, 4) is 11.1 Å². The second kappa shape index (κ2) is 6.80. The maximum atomic E-state index is 11.5. The van der Waals surface area contributed by atoms with Gasteiger partial charge >= 0.3 is 0 Å². The van der Waals surface area contributed by atoms with Gasteiger partial charge in [0.25, 0.3) is 0 Å². The molecule has 0 bridgehead atoms. The summed E-state index contributed by atoms with van der Waals surface area (Å²) in [6.45, 7) is 2.64. The fraction of sp³-hybridized carbons (Fsp3) is 0.100. The SMILES string of the molecule is Cc1ccccc1-c1cc(NCc2ccc[n+]([O-])c2)n2ncc(Br)c2c1. The Morgan fingerprint density at radius 3 is 2.85 bits per heavy atom. The molecular weight excluding hydrogens is 392 g/mol. The normalized spacial score (nSPS) is 11.0. The average molecular weight is 409 g/mol. The van der Waals surface area contributed by atoms with Crippen LogP contribution < -0.4 is 10.0 Å². The molecule has 4 rings (SSSR count). The summed E-state index contributed by atoms with van der Waals surface area (Å²) in [5.74, 6) is 0.868. The van der Waals surface area contributed by atoms with E-state index in [0.29, 0.717) is 6.54 Å². The molecule has 0 aliphatic carbocycles. The number of rotatable bonds is 4. The summed E-state index contributed by atoms with van der Waals surface area (Å²) in [5, 5.41) is 19.3. The summed E-state index contributed by atoms with van der Waals surface area (Å²) < 4.78 is 3.61. The third-order valence-electron chi connectivity index (χ3n) is 4.34. The van der Waals surface area contributed by atoms with E-state index in [1.165, 1.54) is 17.3 Å². The van der Waals surface area contributed by atoms with Gasteiger partial charge in [-0.2, -0.15) is 9.83 Å². The highest BCUT2D eigenvalue weighted by molar-refractivity contribution is 9.10. The monoisotopic (exact) mass is 408 g/mol. The van der Waals surface area contributed by atoms with Crippen LogP contribution in [0.25, 0.3) is 16.6 Å². The number of nitrogens with one attached hydrogen (secondary N) is 1. The summed E-state index contributed by atoms with van der Waals surface area (Å²) in [4.78, 5) is 0. The molecule has 0 spiro atoms. The largest absolute Gasteiger partial charge is 0.619 e. The minimum atomic E-state index is 0.535. The van der Waals surface area contributed by atoms with Gasteiger partial charge in [-0.25, -0.2) is 4.52 Å². The molecule has 0 saturated carbocycles. The zero-order valence-electron chi connectivity index (χ0n) is 14.2. The molecule has 3 heterocycles. The molecule has 0 radical (unpaired) electrons. The fourth-order valence-electron chi connectivity index (χ4n) is 3.03. The molecule has 3 aromatic heterocycles. The molecule has 0 unspecified atom stereocenters. The Labute approximate surface area is 159 Å². The van der Waals surface area contributed by atoms with E-state index in [0.717, 1.165) is 31.7 Å². The van der Waals surface area contributed by atoms with Gasteiger partial charge in [-0.05, 0) is 57.7 Å². The topological polar surface area (TPSA) is 56.3 Å². The van der Waals surface area contributed by atoms with Crippen LogP contribution in [-0.2, 0) is 6.54 Å². The number of anilines is 1. The van der Waals surface area contributed by atoms with Crippen molar-refractivity contribution in [2.45, 2.75) is 13.5 Å². The molecule has 1 N–H and O–H groups in total. The van der Waals surface area contributed by atoms with Crippen LogP contribution in [0.5, 0.6) is 0 Å². The summed E-state index contributed by atoms with van der Waals surface area (Å²) in [7, 11) is 0. The van der Waals surface area contributed by atoms with Gasteiger partial charge in [0.15, 0.2) is 12.4 Å². The molecule has 0 fully saturated rings. The van der Waals surface area contributed by atoms with Crippen LogP contribution in [-0.4, -0.2) is 9.61 Å². The molecule has 5 nitrogen and oxygen atoms in total. The van der Waals surface area contributed by atoms with Gasteiger partial charge in [-0.15, -0.1) is 0 Å². The van der Waals surface area contributed by atoms with Gasteiger partial charge in [0.1, 0.15) is 5.82 Å². The molecule has 4 aromatic rings. The van der Waals surface area contributed by atoms with E-state index >= 15 is 0 Å². The lowest BCUT2D eigenvalue weighted by Crippen LogP contribution is -2.25. The average Bonchev–Trinajstić information content (AvgIpc) is 3.01. The van der Waals surface area contributed by atoms with E-state index in [4.69, 9.17) is 0 Å². The van der Waals surface area contributed by atoms with Gasteiger partial charge in [-0.3, -0.25) is 0 Å². The van der Waals surface area contributed by atoms with Crippen molar-refractivity contribution in [2.75, 3.05) is 5.32 Å². The zero-order valence-corrected chi connectivity index (χ0v) is 15.8. The third kappa shape index (κ3) is 3.15. The Hall–Kier alpha value is -2.86. The first-order chi connectivity index (χ1) is 12.6. The Morgan fingerprint density at radius 1 is 1.19 bits per heavy atom. The van der Waals surface area contributed by atoms with Gasteiger partial charge < -0.3 is 10.5 Å². The molecule has 0 aliphatic rings. The fourth-order valence-corrected chi connectivity index (χ4v) is 3.41. The van der Waals surface area contributed by atoms with Gasteiger partial charge in [0.05, 0.1) is 16.2 Å². The number of halogens is 1. The van der Waals surface area contributed by atoms with Gasteiger partial charge in [0.2, 0.25) is 0 Å². The number of nitrogens with zero attached hydrogens (tertiary/aromatic N) is 3. The van der Waals surface area contributed by atoms with Crippen molar-refractivity contribution in [3.05, 3.63) is 87.9 Å². The van der Waals surface area contributed by atoms with Crippen LogP contribution in [0.15, 0.2) is 71.6 Å². The number of hydrogen-bond acceptors (Lipinski definition) is 3. The van der Waals surface area contributed by atoms with E-state index in [2.05, 4.69) is 57.5 Å². The number of aryl methyl sites for hydroxylation is 1. The molecule has 0 amide bonds. The lowest BCUT2D eigenvalue weighted by Gasteiger charge is -2.13. The van der Waals surface area contributed by atoms with Crippen LogP contribution in [0.4, 0.5) is 5.82 Å². The summed E-state index contributed by atoms with van der Waals surface area (Å²) in [6.07, 6.45) is 4.83. The third-order valence-corrected chi connectivity index (χ3v) is 4.95. The first-order valence-corrected chi connectivity index (χ1v) is 9.06. The van der Waals surface area contributed by atoms with Crippen molar-refractivity contribution in [1.29, 1.82) is 0 Å². The summed E-state index contributed by atoms with van der Waals surface area (Å²) in [5.41, 5.74) is 5.41. The first kappa shape index (κ1) is 16.6. The minimum Gasteiger partial charge on any atom is -0.619 e. The molecular formula is C20H17BrN4O. The first-order valence-electron chi connectivity index (χ1n) is 8.27. The quantitative estimate of drug-likeness (QED) is 0.404. The summed E-state index contributed by atoms with van der Waals surface area (Å²) >= 11 is 3.58. The Kier molecular flexibility index (Phi) is 4.34. The van der Waals surface area contributed by atoms with E-state index in [1.54, 1.807) is 18.5 Å². The Bertz CT molecular complexity index is 1090. The minimum absolute atomic E-state index is 0.535. The predicted octanol–water partition coefficient (Wildman–Crippen LogP) is 4.32. The molecule has 0 atom stereocenters. The molecule has 26 heavy (non-hydrogen) atoms. The van der Waals surface area contributed by atoms with Gasteiger partial charge in [0, 0.05) is 18.2 Å². The maximum absolute atomic E-state index is 11.5. The highest BCUT2D eigenvalue weighted by atomic mass is 79.9. The standard InChI is InChI=1S/C20H17BrN4O/c1-14-5-2-3-7-17(14)16-9-19-18(21)12-23-25(19)20(10-16)22-11-15-6-4-8-24(26)13-15/h2-10,12-13,22H,11H2,1H3. The second-order valence-corrected chi connectivity index (χ2v) is 7.01. The van der Waals surface area contributed by atoms with Crippen LogP contribution in [0.1, 0.15) is 11.1 Å². The van der Waals surface area contributed by atoms with Crippen molar-refractivity contribution >= 4 is 27.3 Å². The van der Waals surface area contributed by atoms with Crippen molar-refractivity contribution in [1.82, 2.24) is 9.61 Å². The summed E-state index contributed by atoms with van der Waals surface area (Å²) in [6, 6.07) is 16.2. The van der Waals surface area contributed by atoms with Crippen LogP contribution in [0, 0.1) is 12.1 Å². The number of pyridine rings is 2. The predicted molar refractivity (Wildman–Crippen MR) is 106 cm³/mol. The maximum Gasteiger partial charge on any atom is 0.185 e. The lowest BCUT2D eigenvalue weighted by atomic mass is 10.0. The number of hydrogen-bond donors (Lipinski definition) is 1. The van der Waals surface area contributed by atoms with Crippen LogP contribution >= 0.6 is 15.9 Å². The highest BCUT2D eigenvalue weighted by Gasteiger charge is 2.11. The van der Waals surface area contributed by atoms with Crippen molar-refractivity contribution in [2.24, 2.45) is 0 Å². The molecule has 130 valence electrons. The molecule has 1 aromatic carbocycles. The van der Waals surface area contributed by atoms with E-state index in [-0.39, 0.29) is 0 Å². The second-order valence-electron chi connectivity index (χ2n) is 6.16. The molecule has 0 aliphatic heterocycles. The molecule has 6 heteroatoms. The number of benzene rings is 1. The molecule has 0 saturated heterocycles. The zero-order chi connectivity index (χ0) is 18.1. The Morgan fingerprint density at radius 2 is 2.04 bits per heavy atom. The van der Waals surface area contributed by atoms with Crippen LogP contribution in [0.2, 0.25) is 0 Å². The van der Waals surface area contributed by atoms with Crippen LogP contribution in [0.3, 0.4) is 0 Å². The van der Waals surface area contributed by atoms with Crippen molar-refractivity contribution < 1.29 is 4.73 Å². The van der Waals surface area contributed by atoms with E-state index in [9.17, 15) is 5.21 Å². The van der Waals surface area contributed by atoms with E-state index in [1.807, 2.05) is 22.7 Å². The smallest absolute Gasteiger partial charge is 0.185 e.